The van der Waals surface area contributed by atoms with Gasteiger partial charge in [0.2, 0.25) is 0 Å². The molecule has 28 heavy (non-hydrogen) atoms. The van der Waals surface area contributed by atoms with E-state index in [1.54, 1.807) is 36.5 Å². The Kier molecular flexibility index (Phi) is 6.90. The van der Waals surface area contributed by atoms with E-state index in [9.17, 15) is 8.42 Å². The Morgan fingerprint density at radius 2 is 1.75 bits per heavy atom. The van der Waals surface area contributed by atoms with E-state index in [0.717, 1.165) is 24.2 Å². The topological polar surface area (TPSA) is 94.1 Å². The van der Waals surface area contributed by atoms with Crippen LogP contribution in [0.2, 0.25) is 0 Å². The minimum atomic E-state index is -3.71. The lowest BCUT2D eigenvalue weighted by atomic mass is 9.86. The summed E-state index contributed by atoms with van der Waals surface area (Å²) in [5.74, 6) is 0.727. The summed E-state index contributed by atoms with van der Waals surface area (Å²) in [4.78, 5) is 10.9. The number of hydrogen-bond donors (Lipinski definition) is 1. The van der Waals surface area contributed by atoms with Gasteiger partial charge in [0.25, 0.3) is 10.0 Å². The van der Waals surface area contributed by atoms with Gasteiger partial charge in [0.05, 0.1) is 10.3 Å². The molecule has 0 saturated heterocycles. The van der Waals surface area contributed by atoms with Crippen LogP contribution in [0.1, 0.15) is 18.4 Å². The van der Waals surface area contributed by atoms with E-state index in [4.69, 9.17) is 5.73 Å². The van der Waals surface area contributed by atoms with Crippen molar-refractivity contribution >= 4 is 60.8 Å². The zero-order valence-corrected chi connectivity index (χ0v) is 19.8. The van der Waals surface area contributed by atoms with Gasteiger partial charge in [-0.1, -0.05) is 17.7 Å². The van der Waals surface area contributed by atoms with Gasteiger partial charge in [-0.2, -0.15) is 0 Å². The molecule has 7 nitrogen and oxygen atoms in total. The molecule has 1 aromatic carbocycles. The lowest BCUT2D eigenvalue weighted by Gasteiger charge is -2.40. The molecule has 0 bridgehead atoms. The van der Waals surface area contributed by atoms with Crippen molar-refractivity contribution < 1.29 is 8.42 Å². The van der Waals surface area contributed by atoms with Gasteiger partial charge in [0.1, 0.15) is 12.1 Å². The van der Waals surface area contributed by atoms with Crippen LogP contribution in [0, 0.1) is 6.92 Å². The van der Waals surface area contributed by atoms with Crippen molar-refractivity contribution in [1.82, 2.24) is 13.9 Å². The Morgan fingerprint density at radius 3 is 2.36 bits per heavy atom. The first kappa shape index (κ1) is 22.8. The minimum Gasteiger partial charge on any atom is -0.356 e. The summed E-state index contributed by atoms with van der Waals surface area (Å²) in [5.41, 5.74) is 7.28. The Labute approximate surface area is 185 Å². The van der Waals surface area contributed by atoms with Gasteiger partial charge < -0.3 is 10.6 Å². The van der Waals surface area contributed by atoms with Crippen molar-refractivity contribution in [2.45, 2.75) is 36.7 Å². The van der Waals surface area contributed by atoms with Crippen LogP contribution in [0.15, 0.2) is 47.8 Å². The average molecular weight is 533 g/mol. The number of aromatic nitrogens is 3. The minimum absolute atomic E-state index is 0. The van der Waals surface area contributed by atoms with Crippen LogP contribution < -0.4 is 10.6 Å². The maximum Gasteiger partial charge on any atom is 0.269 e. The molecule has 0 radical (unpaired) electrons. The summed E-state index contributed by atoms with van der Waals surface area (Å²) >= 11 is 0. The third-order valence-electron chi connectivity index (χ3n) is 5.04. The molecule has 10 heteroatoms. The van der Waals surface area contributed by atoms with Crippen LogP contribution in [-0.4, -0.2) is 41.5 Å². The van der Waals surface area contributed by atoms with E-state index >= 15 is 0 Å². The fourth-order valence-corrected chi connectivity index (χ4v) is 4.63. The smallest absolute Gasteiger partial charge is 0.269 e. The molecule has 0 amide bonds. The largest absolute Gasteiger partial charge is 0.356 e. The van der Waals surface area contributed by atoms with Gasteiger partial charge in [0, 0.05) is 25.3 Å². The van der Waals surface area contributed by atoms with Gasteiger partial charge in [-0.05, 0) is 38.0 Å². The third kappa shape index (κ3) is 3.83. The van der Waals surface area contributed by atoms with E-state index in [-0.39, 0.29) is 44.9 Å². The molecule has 1 aliphatic rings. The normalized spacial score (nSPS) is 18.7. The van der Waals surface area contributed by atoms with Gasteiger partial charge in [0.15, 0.2) is 5.65 Å². The second kappa shape index (κ2) is 8.48. The predicted octanol–water partition coefficient (Wildman–Crippen LogP) is 3.06. The first-order valence-electron chi connectivity index (χ1n) is 8.50. The fraction of sp³-hybridized carbons (Fsp3) is 0.333. The van der Waals surface area contributed by atoms with Crippen LogP contribution >= 0.6 is 34.0 Å². The predicted molar refractivity (Wildman–Crippen MR) is 121 cm³/mol. The van der Waals surface area contributed by atoms with Crippen molar-refractivity contribution in [2.75, 3.05) is 11.9 Å². The van der Waals surface area contributed by atoms with E-state index in [1.807, 2.05) is 14.0 Å². The number of anilines is 1. The Morgan fingerprint density at radius 1 is 1.11 bits per heavy atom. The molecule has 2 N–H and O–H groups in total. The SMILES string of the molecule is Br.Br.Cc1ccc(S(=O)(=O)n2ccc3c(N(C)[C@H]4C[C@@H](N)C4)ncnc32)cc1. The molecule has 2 heterocycles. The number of hydrogen-bond acceptors (Lipinski definition) is 6. The molecule has 1 fully saturated rings. The number of halogens is 2. The number of rotatable bonds is 4. The summed E-state index contributed by atoms with van der Waals surface area (Å²) in [6.45, 7) is 1.92. The van der Waals surface area contributed by atoms with Gasteiger partial charge in [-0.3, -0.25) is 0 Å². The summed E-state index contributed by atoms with van der Waals surface area (Å²) in [6, 6.07) is 9.09. The molecule has 0 atom stereocenters. The maximum absolute atomic E-state index is 13.0. The molecule has 0 aliphatic heterocycles. The quantitative estimate of drug-likeness (QED) is 0.555. The number of nitrogens with two attached hydrogens (primary N) is 1. The highest BCUT2D eigenvalue weighted by Gasteiger charge is 2.31. The highest BCUT2D eigenvalue weighted by molar-refractivity contribution is 8.93. The molecule has 3 aromatic rings. The molecule has 0 spiro atoms. The Balaban J connectivity index is 0.00000140. The molecular formula is C18H23Br2N5O2S. The molecule has 1 saturated carbocycles. The second-order valence-electron chi connectivity index (χ2n) is 6.86. The van der Waals surface area contributed by atoms with Gasteiger partial charge in [-0.15, -0.1) is 34.0 Å². The van der Waals surface area contributed by atoms with Crippen LogP contribution in [0.25, 0.3) is 11.0 Å². The first-order valence-corrected chi connectivity index (χ1v) is 9.94. The van der Waals surface area contributed by atoms with Crippen molar-refractivity contribution in [1.29, 1.82) is 0 Å². The van der Waals surface area contributed by atoms with Crippen molar-refractivity contribution in [3.05, 3.63) is 48.4 Å². The summed E-state index contributed by atoms with van der Waals surface area (Å²) in [6.07, 6.45) is 4.76. The molecular weight excluding hydrogens is 510 g/mol. The Bertz CT molecular complexity index is 1060. The highest BCUT2D eigenvalue weighted by atomic mass is 79.9. The average Bonchev–Trinajstić information content (AvgIpc) is 3.03. The first-order chi connectivity index (χ1) is 12.4. The zero-order chi connectivity index (χ0) is 18.5. The number of fused-ring (bicyclic) bond motifs is 1. The van der Waals surface area contributed by atoms with Crippen molar-refractivity contribution in [2.24, 2.45) is 5.73 Å². The van der Waals surface area contributed by atoms with Gasteiger partial charge >= 0.3 is 0 Å². The Hall–Kier alpha value is -1.49. The lowest BCUT2D eigenvalue weighted by molar-refractivity contribution is 0.339. The van der Waals surface area contributed by atoms with E-state index in [0.29, 0.717) is 17.1 Å². The summed E-state index contributed by atoms with van der Waals surface area (Å²) < 4.78 is 27.3. The molecule has 0 unspecified atom stereocenters. The van der Waals surface area contributed by atoms with E-state index in [1.165, 1.54) is 10.3 Å². The maximum atomic E-state index is 13.0. The number of benzene rings is 1. The van der Waals surface area contributed by atoms with Crippen LogP contribution in [0.3, 0.4) is 0 Å². The van der Waals surface area contributed by atoms with Crippen LogP contribution in [0.5, 0.6) is 0 Å². The second-order valence-corrected chi connectivity index (χ2v) is 8.68. The van der Waals surface area contributed by atoms with Crippen LogP contribution in [-0.2, 0) is 10.0 Å². The van der Waals surface area contributed by atoms with Crippen molar-refractivity contribution in [3.63, 3.8) is 0 Å². The van der Waals surface area contributed by atoms with Crippen LogP contribution in [0.4, 0.5) is 5.82 Å². The molecule has 2 aromatic heterocycles. The lowest BCUT2D eigenvalue weighted by Crippen LogP contribution is -2.49. The van der Waals surface area contributed by atoms with E-state index < -0.39 is 10.0 Å². The summed E-state index contributed by atoms with van der Waals surface area (Å²) in [7, 11) is -1.75. The van der Waals surface area contributed by atoms with Gasteiger partial charge in [-0.25, -0.2) is 22.4 Å². The zero-order valence-electron chi connectivity index (χ0n) is 15.5. The monoisotopic (exact) mass is 531 g/mol. The molecule has 152 valence electrons. The summed E-state index contributed by atoms with van der Waals surface area (Å²) in [5, 5.41) is 0.714. The van der Waals surface area contributed by atoms with E-state index in [2.05, 4.69) is 14.9 Å². The standard InChI is InChI=1S/C18H21N5O2S.2BrH/c1-12-3-5-15(6-4-12)26(24,25)23-8-7-16-17(20-11-21-18(16)23)22(2)14-9-13(19)10-14;;/h3-8,11,13-14H,9-10,19H2,1-2H3;2*1H/t13-,14+;;. The molecule has 1 aliphatic carbocycles. The van der Waals surface area contributed by atoms with Crippen molar-refractivity contribution in [3.8, 4) is 0 Å². The number of nitrogens with zero attached hydrogens (tertiary/aromatic N) is 4. The highest BCUT2D eigenvalue weighted by Crippen LogP contribution is 2.31. The molecule has 4 rings (SSSR count). The number of aryl methyl sites for hydroxylation is 1. The third-order valence-corrected chi connectivity index (χ3v) is 6.72. The fourth-order valence-electron chi connectivity index (χ4n) is 3.33.